The van der Waals surface area contributed by atoms with Crippen LogP contribution < -0.4 is 0 Å². The molecule has 2 fully saturated rings. The molecular weight excluding hydrogens is 398 g/mol. The largest absolute Gasteiger partial charge is 0.339 e. The first-order valence-electron chi connectivity index (χ1n) is 9.99. The Bertz CT molecular complexity index is 785. The summed E-state index contributed by atoms with van der Waals surface area (Å²) in [4.78, 5) is 17.2. The number of sulfonamides is 1. The molecule has 1 aromatic rings. The van der Waals surface area contributed by atoms with Crippen molar-refractivity contribution < 1.29 is 13.2 Å². The molecule has 28 heavy (non-hydrogen) atoms. The highest BCUT2D eigenvalue weighted by Crippen LogP contribution is 2.30. The molecule has 1 aromatic carbocycles. The molecule has 1 heterocycles. The van der Waals surface area contributed by atoms with E-state index in [9.17, 15) is 13.2 Å². The number of hydrogen-bond acceptors (Lipinski definition) is 4. The molecule has 1 saturated carbocycles. The van der Waals surface area contributed by atoms with E-state index in [4.69, 9.17) is 11.6 Å². The fraction of sp³-hybridized carbons (Fsp3) is 0.650. The monoisotopic (exact) mass is 427 g/mol. The summed E-state index contributed by atoms with van der Waals surface area (Å²) in [5.74, 6) is 0.595. The van der Waals surface area contributed by atoms with Gasteiger partial charge >= 0.3 is 0 Å². The standard InChI is InChI=1S/C20H30ClN3O3S/c1-15(2)16(3)24(18-6-7-18)14-20(25)22-10-12-23(13-11-22)28(26,27)19-8-4-17(21)5-9-19/h4-5,8-9,15-16,18H,6-7,10-14H2,1-3H3/t16-/m1/s1. The molecule has 3 rings (SSSR count). The quantitative estimate of drug-likeness (QED) is 0.671. The van der Waals surface area contributed by atoms with Gasteiger partial charge in [-0.2, -0.15) is 4.31 Å². The third-order valence-electron chi connectivity index (χ3n) is 5.86. The van der Waals surface area contributed by atoms with Crippen molar-refractivity contribution in [1.82, 2.24) is 14.1 Å². The number of benzene rings is 1. The predicted molar refractivity (Wildman–Crippen MR) is 111 cm³/mol. The summed E-state index contributed by atoms with van der Waals surface area (Å²) in [6, 6.07) is 7.09. The Labute approximate surface area is 173 Å². The fourth-order valence-electron chi connectivity index (χ4n) is 3.58. The van der Waals surface area contributed by atoms with Gasteiger partial charge in [0.1, 0.15) is 0 Å². The van der Waals surface area contributed by atoms with E-state index in [0.29, 0.717) is 55.7 Å². The minimum atomic E-state index is -3.55. The van der Waals surface area contributed by atoms with Gasteiger partial charge in [-0.05, 0) is 49.9 Å². The normalized spacial score (nSPS) is 20.0. The average Bonchev–Trinajstić information content (AvgIpc) is 3.51. The number of halogens is 1. The van der Waals surface area contributed by atoms with Gasteiger partial charge in [0.2, 0.25) is 15.9 Å². The van der Waals surface area contributed by atoms with Crippen molar-refractivity contribution in [3.8, 4) is 0 Å². The summed E-state index contributed by atoms with van der Waals surface area (Å²) in [5, 5.41) is 0.505. The van der Waals surface area contributed by atoms with E-state index in [1.54, 1.807) is 17.0 Å². The Morgan fingerprint density at radius 3 is 2.18 bits per heavy atom. The number of carbonyl (C=O) groups excluding carboxylic acids is 1. The number of piperazine rings is 1. The molecule has 1 aliphatic heterocycles. The Morgan fingerprint density at radius 1 is 1.11 bits per heavy atom. The first-order valence-corrected chi connectivity index (χ1v) is 11.8. The van der Waals surface area contributed by atoms with E-state index in [2.05, 4.69) is 25.7 Å². The highest BCUT2D eigenvalue weighted by molar-refractivity contribution is 7.89. The number of hydrogen-bond donors (Lipinski definition) is 0. The molecule has 6 nitrogen and oxygen atoms in total. The summed E-state index contributed by atoms with van der Waals surface area (Å²) in [6.45, 7) is 8.48. The van der Waals surface area contributed by atoms with Crippen LogP contribution in [0.25, 0.3) is 0 Å². The van der Waals surface area contributed by atoms with Crippen molar-refractivity contribution in [3.63, 3.8) is 0 Å². The summed E-state index contributed by atoms with van der Waals surface area (Å²) < 4.78 is 27.0. The van der Waals surface area contributed by atoms with Gasteiger partial charge in [0.05, 0.1) is 11.4 Å². The third kappa shape index (κ3) is 4.87. The summed E-state index contributed by atoms with van der Waals surface area (Å²) in [5.41, 5.74) is 0. The second-order valence-electron chi connectivity index (χ2n) is 8.13. The molecule has 8 heteroatoms. The van der Waals surface area contributed by atoms with Crippen LogP contribution >= 0.6 is 11.6 Å². The molecule has 0 N–H and O–H groups in total. The van der Waals surface area contributed by atoms with Gasteiger partial charge in [0.15, 0.2) is 0 Å². The molecule has 0 spiro atoms. The van der Waals surface area contributed by atoms with E-state index in [1.807, 2.05) is 0 Å². The summed E-state index contributed by atoms with van der Waals surface area (Å²) in [7, 11) is -3.55. The van der Waals surface area contributed by atoms with Crippen molar-refractivity contribution in [1.29, 1.82) is 0 Å². The van der Waals surface area contributed by atoms with Gasteiger partial charge in [0.25, 0.3) is 0 Å². The maximum Gasteiger partial charge on any atom is 0.243 e. The van der Waals surface area contributed by atoms with Gasteiger partial charge in [0, 0.05) is 43.3 Å². The fourth-order valence-corrected chi connectivity index (χ4v) is 5.13. The third-order valence-corrected chi connectivity index (χ3v) is 8.03. The lowest BCUT2D eigenvalue weighted by molar-refractivity contribution is -0.134. The highest BCUT2D eigenvalue weighted by atomic mass is 35.5. The van der Waals surface area contributed by atoms with Crippen molar-refractivity contribution in [2.75, 3.05) is 32.7 Å². The average molecular weight is 428 g/mol. The molecule has 1 aliphatic carbocycles. The van der Waals surface area contributed by atoms with E-state index in [-0.39, 0.29) is 10.8 Å². The van der Waals surface area contributed by atoms with Gasteiger partial charge in [-0.15, -0.1) is 0 Å². The highest BCUT2D eigenvalue weighted by Gasteiger charge is 2.36. The molecule has 156 valence electrons. The Balaban J connectivity index is 1.58. The number of amides is 1. The van der Waals surface area contributed by atoms with Crippen LogP contribution in [0.1, 0.15) is 33.6 Å². The van der Waals surface area contributed by atoms with Gasteiger partial charge in [-0.3, -0.25) is 9.69 Å². The van der Waals surface area contributed by atoms with Crippen LogP contribution in [-0.4, -0.2) is 73.2 Å². The maximum atomic E-state index is 12.8. The number of carbonyl (C=O) groups is 1. The van der Waals surface area contributed by atoms with E-state index >= 15 is 0 Å². The molecule has 0 radical (unpaired) electrons. The molecule has 0 unspecified atom stereocenters. The maximum absolute atomic E-state index is 12.8. The van der Waals surface area contributed by atoms with E-state index in [0.717, 1.165) is 12.8 Å². The Hall–Kier alpha value is -1.15. The lowest BCUT2D eigenvalue weighted by atomic mass is 10.0. The van der Waals surface area contributed by atoms with Gasteiger partial charge in [-0.25, -0.2) is 8.42 Å². The van der Waals surface area contributed by atoms with Crippen LogP contribution in [0.3, 0.4) is 0 Å². The van der Waals surface area contributed by atoms with Gasteiger partial charge < -0.3 is 4.90 Å². The smallest absolute Gasteiger partial charge is 0.243 e. The lowest BCUT2D eigenvalue weighted by Crippen LogP contribution is -2.53. The zero-order valence-corrected chi connectivity index (χ0v) is 18.4. The first-order chi connectivity index (χ1) is 13.2. The molecule has 1 amide bonds. The number of nitrogens with zero attached hydrogens (tertiary/aromatic N) is 3. The zero-order valence-electron chi connectivity index (χ0n) is 16.8. The second-order valence-corrected chi connectivity index (χ2v) is 10.5. The van der Waals surface area contributed by atoms with Crippen LogP contribution in [0.2, 0.25) is 5.02 Å². The van der Waals surface area contributed by atoms with Crippen LogP contribution in [0, 0.1) is 5.92 Å². The molecular formula is C20H30ClN3O3S. The zero-order chi connectivity index (χ0) is 20.5. The SMILES string of the molecule is CC(C)[C@@H](C)N(CC(=O)N1CCN(S(=O)(=O)c2ccc(Cl)cc2)CC1)C1CC1. The topological polar surface area (TPSA) is 60.9 Å². The predicted octanol–water partition coefficient (Wildman–Crippen LogP) is 2.68. The minimum absolute atomic E-state index is 0.0999. The summed E-state index contributed by atoms with van der Waals surface area (Å²) >= 11 is 5.85. The van der Waals surface area contributed by atoms with Crippen LogP contribution in [0.15, 0.2) is 29.2 Å². The van der Waals surface area contributed by atoms with Crippen LogP contribution in [0.5, 0.6) is 0 Å². The molecule has 1 atom stereocenters. The molecule has 0 aromatic heterocycles. The second kappa shape index (κ2) is 8.69. The Morgan fingerprint density at radius 2 is 1.68 bits per heavy atom. The molecule has 1 saturated heterocycles. The van der Waals surface area contributed by atoms with Crippen LogP contribution in [-0.2, 0) is 14.8 Å². The van der Waals surface area contributed by atoms with Gasteiger partial charge in [-0.1, -0.05) is 25.4 Å². The van der Waals surface area contributed by atoms with Crippen molar-refractivity contribution >= 4 is 27.5 Å². The minimum Gasteiger partial charge on any atom is -0.339 e. The van der Waals surface area contributed by atoms with E-state index < -0.39 is 10.0 Å². The van der Waals surface area contributed by atoms with Crippen molar-refractivity contribution in [2.45, 2.75) is 50.6 Å². The number of rotatable bonds is 7. The molecule has 2 aliphatic rings. The van der Waals surface area contributed by atoms with Crippen molar-refractivity contribution in [3.05, 3.63) is 29.3 Å². The molecule has 0 bridgehead atoms. The lowest BCUT2D eigenvalue weighted by Gasteiger charge is -2.37. The first kappa shape index (κ1) is 21.6. The van der Waals surface area contributed by atoms with Crippen molar-refractivity contribution in [2.24, 2.45) is 5.92 Å². The Kier molecular flexibility index (Phi) is 6.69. The van der Waals surface area contributed by atoms with Crippen LogP contribution in [0.4, 0.5) is 0 Å². The van der Waals surface area contributed by atoms with E-state index in [1.165, 1.54) is 16.4 Å². The summed E-state index contributed by atoms with van der Waals surface area (Å²) in [6.07, 6.45) is 2.33.